The summed E-state index contributed by atoms with van der Waals surface area (Å²) in [5, 5.41) is 5.54. The van der Waals surface area contributed by atoms with Crippen LogP contribution in [0.3, 0.4) is 0 Å². The number of rotatable bonds is 4. The zero-order valence-electron chi connectivity index (χ0n) is 10.0. The quantitative estimate of drug-likeness (QED) is 0.886. The summed E-state index contributed by atoms with van der Waals surface area (Å²) in [5.41, 5.74) is 6.13. The van der Waals surface area contributed by atoms with E-state index in [9.17, 15) is 4.79 Å². The zero-order chi connectivity index (χ0) is 11.8. The van der Waals surface area contributed by atoms with E-state index in [1.165, 1.54) is 24.2 Å². The number of nitrogens with one attached hydrogen (secondary N) is 1. The number of thiazole rings is 1. The Balaban J connectivity index is 0.00000144. The van der Waals surface area contributed by atoms with Gasteiger partial charge in [-0.15, -0.1) is 23.7 Å². The zero-order valence-corrected chi connectivity index (χ0v) is 11.7. The summed E-state index contributed by atoms with van der Waals surface area (Å²) in [6.45, 7) is 4.00. The topological polar surface area (TPSA) is 68.0 Å². The van der Waals surface area contributed by atoms with Crippen molar-refractivity contribution in [3.8, 4) is 0 Å². The number of anilines is 1. The van der Waals surface area contributed by atoms with Crippen LogP contribution in [-0.2, 0) is 4.79 Å². The van der Waals surface area contributed by atoms with Gasteiger partial charge in [-0.1, -0.05) is 0 Å². The molecule has 0 aromatic carbocycles. The fourth-order valence-corrected chi connectivity index (χ4v) is 2.06. The molecule has 0 saturated heterocycles. The van der Waals surface area contributed by atoms with E-state index in [0.29, 0.717) is 17.6 Å². The van der Waals surface area contributed by atoms with Gasteiger partial charge in [0.1, 0.15) is 0 Å². The number of carbonyl (C=O) groups is 1. The van der Waals surface area contributed by atoms with Crippen LogP contribution in [-0.4, -0.2) is 17.4 Å². The first kappa shape index (κ1) is 14.4. The molecule has 0 atom stereocenters. The summed E-state index contributed by atoms with van der Waals surface area (Å²) in [7, 11) is 0. The number of nitrogens with two attached hydrogens (primary N) is 1. The Morgan fingerprint density at radius 2 is 2.29 bits per heavy atom. The van der Waals surface area contributed by atoms with E-state index in [-0.39, 0.29) is 18.3 Å². The molecule has 96 valence electrons. The third kappa shape index (κ3) is 3.40. The smallest absolute Gasteiger partial charge is 0.233 e. The van der Waals surface area contributed by atoms with Crippen molar-refractivity contribution < 1.29 is 4.79 Å². The van der Waals surface area contributed by atoms with Crippen molar-refractivity contribution in [2.75, 3.05) is 11.9 Å². The van der Waals surface area contributed by atoms with Gasteiger partial charge in [0.15, 0.2) is 5.13 Å². The number of aromatic nitrogens is 1. The molecule has 0 bridgehead atoms. The van der Waals surface area contributed by atoms with Crippen molar-refractivity contribution in [1.29, 1.82) is 0 Å². The Morgan fingerprint density at radius 3 is 2.82 bits per heavy atom. The first-order valence-electron chi connectivity index (χ1n) is 5.50. The maximum absolute atomic E-state index is 11.8. The van der Waals surface area contributed by atoms with Crippen molar-refractivity contribution >= 4 is 34.8 Å². The lowest BCUT2D eigenvalue weighted by atomic mass is 9.93. The largest absolute Gasteiger partial charge is 0.329 e. The normalized spacial score (nSPS) is 15.2. The summed E-state index contributed by atoms with van der Waals surface area (Å²) >= 11 is 1.49. The number of hydrogen-bond acceptors (Lipinski definition) is 4. The summed E-state index contributed by atoms with van der Waals surface area (Å²) in [6, 6.07) is 0. The third-order valence-corrected chi connectivity index (χ3v) is 3.64. The van der Waals surface area contributed by atoms with Crippen LogP contribution in [0.5, 0.6) is 0 Å². The lowest BCUT2D eigenvalue weighted by Crippen LogP contribution is -2.37. The Morgan fingerprint density at radius 1 is 1.65 bits per heavy atom. The maximum Gasteiger partial charge on any atom is 0.233 e. The molecular weight excluding hydrogens is 258 g/mol. The highest BCUT2D eigenvalue weighted by molar-refractivity contribution is 7.13. The molecule has 0 radical (unpaired) electrons. The number of amides is 1. The van der Waals surface area contributed by atoms with Crippen LogP contribution in [0.15, 0.2) is 5.38 Å². The van der Waals surface area contributed by atoms with Gasteiger partial charge < -0.3 is 11.1 Å². The van der Waals surface area contributed by atoms with Crippen LogP contribution < -0.4 is 11.1 Å². The van der Waals surface area contributed by atoms with Crippen LogP contribution in [0.1, 0.15) is 38.3 Å². The van der Waals surface area contributed by atoms with E-state index in [4.69, 9.17) is 5.73 Å². The second kappa shape index (κ2) is 5.33. The van der Waals surface area contributed by atoms with Gasteiger partial charge in [0.05, 0.1) is 11.1 Å². The summed E-state index contributed by atoms with van der Waals surface area (Å²) in [4.78, 5) is 16.2. The van der Waals surface area contributed by atoms with Crippen molar-refractivity contribution in [1.82, 2.24) is 4.98 Å². The molecule has 1 amide bonds. The third-order valence-electron chi connectivity index (χ3n) is 2.86. The van der Waals surface area contributed by atoms with Crippen molar-refractivity contribution in [3.63, 3.8) is 0 Å². The van der Waals surface area contributed by atoms with Gasteiger partial charge >= 0.3 is 0 Å². The molecule has 3 N–H and O–H groups in total. The van der Waals surface area contributed by atoms with E-state index in [1.54, 1.807) is 0 Å². The van der Waals surface area contributed by atoms with Gasteiger partial charge in [-0.3, -0.25) is 4.79 Å². The molecule has 0 aliphatic heterocycles. The van der Waals surface area contributed by atoms with E-state index < -0.39 is 5.41 Å². The highest BCUT2D eigenvalue weighted by atomic mass is 35.5. The molecule has 1 saturated carbocycles. The standard InChI is InChI=1S/C11H17N3OS.ClH/c1-11(2,6-12)9(15)14-10-13-8(5-16-10)7-3-4-7;/h5,7H,3-4,6,12H2,1-2H3,(H,13,14,15);1H. The number of halogens is 1. The first-order chi connectivity index (χ1) is 7.53. The van der Waals surface area contributed by atoms with Crippen LogP contribution in [0.25, 0.3) is 0 Å². The first-order valence-corrected chi connectivity index (χ1v) is 6.38. The van der Waals surface area contributed by atoms with Gasteiger partial charge in [-0.05, 0) is 26.7 Å². The highest BCUT2D eigenvalue weighted by Gasteiger charge is 2.28. The monoisotopic (exact) mass is 275 g/mol. The lowest BCUT2D eigenvalue weighted by molar-refractivity contribution is -0.123. The molecule has 2 rings (SSSR count). The predicted molar refractivity (Wildman–Crippen MR) is 72.8 cm³/mol. The lowest BCUT2D eigenvalue weighted by Gasteiger charge is -2.19. The number of hydrogen-bond donors (Lipinski definition) is 2. The predicted octanol–water partition coefficient (Wildman–Crippen LogP) is 2.37. The summed E-state index contributed by atoms with van der Waals surface area (Å²) in [6.07, 6.45) is 2.46. The van der Waals surface area contributed by atoms with E-state index >= 15 is 0 Å². The second-order valence-electron chi connectivity index (χ2n) is 4.89. The van der Waals surface area contributed by atoms with E-state index in [0.717, 1.165) is 5.69 Å². The molecule has 1 aromatic heterocycles. The minimum atomic E-state index is -0.536. The SMILES string of the molecule is CC(C)(CN)C(=O)Nc1nc(C2CC2)cs1.Cl. The highest BCUT2D eigenvalue weighted by Crippen LogP contribution is 2.40. The molecule has 6 heteroatoms. The number of carbonyl (C=O) groups excluding carboxylic acids is 1. The molecular formula is C11H18ClN3OS. The maximum atomic E-state index is 11.8. The average molecular weight is 276 g/mol. The Hall–Kier alpha value is -0.650. The minimum absolute atomic E-state index is 0. The van der Waals surface area contributed by atoms with Gasteiger partial charge in [0.2, 0.25) is 5.91 Å². The van der Waals surface area contributed by atoms with E-state index in [2.05, 4.69) is 10.3 Å². The summed E-state index contributed by atoms with van der Waals surface area (Å²) < 4.78 is 0. The van der Waals surface area contributed by atoms with Crippen molar-refractivity contribution in [2.24, 2.45) is 11.1 Å². The summed E-state index contributed by atoms with van der Waals surface area (Å²) in [5.74, 6) is 0.566. The Bertz CT molecular complexity index is 401. The van der Waals surface area contributed by atoms with Crippen molar-refractivity contribution in [3.05, 3.63) is 11.1 Å². The molecule has 4 nitrogen and oxygen atoms in total. The van der Waals surface area contributed by atoms with Gasteiger partial charge in [-0.25, -0.2) is 4.98 Å². The Kier molecular flexibility index (Phi) is 4.52. The van der Waals surface area contributed by atoms with Gasteiger partial charge in [-0.2, -0.15) is 0 Å². The van der Waals surface area contributed by atoms with E-state index in [1.807, 2.05) is 19.2 Å². The molecule has 17 heavy (non-hydrogen) atoms. The molecule has 1 heterocycles. The van der Waals surface area contributed by atoms with Crippen LogP contribution in [0.4, 0.5) is 5.13 Å². The average Bonchev–Trinajstić information content (AvgIpc) is 3.00. The van der Waals surface area contributed by atoms with Crippen LogP contribution >= 0.6 is 23.7 Å². The Labute approximate surface area is 111 Å². The minimum Gasteiger partial charge on any atom is -0.329 e. The van der Waals surface area contributed by atoms with Crippen LogP contribution in [0, 0.1) is 5.41 Å². The number of nitrogens with zero attached hydrogens (tertiary/aromatic N) is 1. The molecule has 1 aromatic rings. The van der Waals surface area contributed by atoms with Gasteiger partial charge in [0.25, 0.3) is 0 Å². The fourth-order valence-electron chi connectivity index (χ4n) is 1.27. The molecule has 1 aliphatic carbocycles. The molecule has 0 spiro atoms. The molecule has 1 aliphatic rings. The van der Waals surface area contributed by atoms with Crippen LogP contribution in [0.2, 0.25) is 0 Å². The molecule has 1 fully saturated rings. The second-order valence-corrected chi connectivity index (χ2v) is 5.75. The van der Waals surface area contributed by atoms with Gasteiger partial charge in [0, 0.05) is 17.8 Å². The molecule has 0 unspecified atom stereocenters. The van der Waals surface area contributed by atoms with Crippen molar-refractivity contribution in [2.45, 2.75) is 32.6 Å². The fraction of sp³-hybridized carbons (Fsp3) is 0.636.